The number of carbonyl (C=O) groups is 3. The first-order valence-corrected chi connectivity index (χ1v) is 12.5. The van der Waals surface area contributed by atoms with Gasteiger partial charge in [-0.3, -0.25) is 19.3 Å². The Morgan fingerprint density at radius 3 is 2.75 bits per heavy atom. The Morgan fingerprint density at radius 1 is 1.14 bits per heavy atom. The van der Waals surface area contributed by atoms with Gasteiger partial charge in [-0.1, -0.05) is 12.1 Å². The van der Waals surface area contributed by atoms with Crippen LogP contribution in [0.3, 0.4) is 0 Å². The molecule has 1 N–H and O–H groups in total. The fourth-order valence-corrected chi connectivity index (χ4v) is 5.70. The minimum atomic E-state index is -0.863. The fourth-order valence-electron chi connectivity index (χ4n) is 5.70. The van der Waals surface area contributed by atoms with Crippen LogP contribution < -0.4 is 15.1 Å². The van der Waals surface area contributed by atoms with Gasteiger partial charge < -0.3 is 15.1 Å². The molecular formula is C27H30F2N4O3. The molecule has 2 unspecified atom stereocenters. The third-order valence-corrected chi connectivity index (χ3v) is 7.67. The zero-order valence-electron chi connectivity index (χ0n) is 20.3. The summed E-state index contributed by atoms with van der Waals surface area (Å²) in [4.78, 5) is 43.9. The first kappa shape index (κ1) is 24.2. The van der Waals surface area contributed by atoms with E-state index in [9.17, 15) is 23.2 Å². The van der Waals surface area contributed by atoms with Crippen molar-refractivity contribution < 1.29 is 23.2 Å². The van der Waals surface area contributed by atoms with E-state index in [0.29, 0.717) is 55.8 Å². The second kappa shape index (κ2) is 9.52. The number of nitrogens with one attached hydrogen (secondary N) is 1. The van der Waals surface area contributed by atoms with Crippen molar-refractivity contribution in [3.8, 4) is 0 Å². The van der Waals surface area contributed by atoms with Crippen LogP contribution in [0.1, 0.15) is 49.4 Å². The Kier molecular flexibility index (Phi) is 6.40. The zero-order chi connectivity index (χ0) is 25.4. The van der Waals surface area contributed by atoms with Crippen LogP contribution in [0.15, 0.2) is 42.5 Å². The van der Waals surface area contributed by atoms with Crippen LogP contribution in [-0.4, -0.2) is 54.5 Å². The van der Waals surface area contributed by atoms with E-state index in [0.717, 1.165) is 19.0 Å². The highest BCUT2D eigenvalue weighted by atomic mass is 19.2. The van der Waals surface area contributed by atoms with Crippen molar-refractivity contribution in [2.45, 2.75) is 44.7 Å². The maximum absolute atomic E-state index is 13.5. The Morgan fingerprint density at radius 2 is 1.94 bits per heavy atom. The lowest BCUT2D eigenvalue weighted by molar-refractivity contribution is -0.121. The number of anilines is 2. The molecule has 0 bridgehead atoms. The predicted octanol–water partition coefficient (Wildman–Crippen LogP) is 3.69. The van der Waals surface area contributed by atoms with Gasteiger partial charge in [0.2, 0.25) is 11.8 Å². The highest BCUT2D eigenvalue weighted by molar-refractivity contribution is 6.10. The summed E-state index contributed by atoms with van der Waals surface area (Å²) in [6.45, 7) is 4.20. The van der Waals surface area contributed by atoms with Gasteiger partial charge in [0.05, 0.1) is 11.3 Å². The summed E-state index contributed by atoms with van der Waals surface area (Å²) in [7, 11) is 0. The number of hydrogen-bond acceptors (Lipinski definition) is 4. The van der Waals surface area contributed by atoms with Gasteiger partial charge in [-0.25, -0.2) is 8.78 Å². The fraction of sp³-hybridized carbons (Fsp3) is 0.444. The number of benzene rings is 2. The minimum absolute atomic E-state index is 0.00850. The summed E-state index contributed by atoms with van der Waals surface area (Å²) in [5.74, 6) is -1.69. The third-order valence-electron chi connectivity index (χ3n) is 7.67. The summed E-state index contributed by atoms with van der Waals surface area (Å²) >= 11 is 0. The number of nitrogens with zero attached hydrogens (tertiary/aromatic N) is 3. The molecule has 0 radical (unpaired) electrons. The number of halogens is 2. The third kappa shape index (κ3) is 4.31. The molecule has 2 saturated heterocycles. The molecule has 3 aliphatic rings. The van der Waals surface area contributed by atoms with Crippen LogP contribution in [0.4, 0.5) is 20.2 Å². The van der Waals surface area contributed by atoms with E-state index < -0.39 is 17.3 Å². The maximum Gasteiger partial charge on any atom is 0.257 e. The van der Waals surface area contributed by atoms with Crippen molar-refractivity contribution in [1.29, 1.82) is 0 Å². The smallest absolute Gasteiger partial charge is 0.257 e. The highest BCUT2D eigenvalue weighted by Gasteiger charge is 2.52. The van der Waals surface area contributed by atoms with E-state index in [2.05, 4.69) is 5.32 Å². The van der Waals surface area contributed by atoms with Crippen molar-refractivity contribution in [3.05, 3.63) is 59.7 Å². The van der Waals surface area contributed by atoms with Crippen LogP contribution >= 0.6 is 0 Å². The van der Waals surface area contributed by atoms with Gasteiger partial charge in [0.15, 0.2) is 11.6 Å². The van der Waals surface area contributed by atoms with E-state index in [4.69, 9.17) is 0 Å². The lowest BCUT2D eigenvalue weighted by Gasteiger charge is -2.48. The molecule has 9 heteroatoms. The quantitative estimate of drug-likeness (QED) is 0.635. The molecule has 0 saturated carbocycles. The highest BCUT2D eigenvalue weighted by Crippen LogP contribution is 2.44. The lowest BCUT2D eigenvalue weighted by Crippen LogP contribution is -2.62. The second-order valence-electron chi connectivity index (χ2n) is 10.0. The summed E-state index contributed by atoms with van der Waals surface area (Å²) in [6, 6.07) is 11.1. The Bertz CT molecular complexity index is 1210. The van der Waals surface area contributed by atoms with Gasteiger partial charge in [0, 0.05) is 50.8 Å². The van der Waals surface area contributed by atoms with Crippen molar-refractivity contribution in [3.63, 3.8) is 0 Å². The van der Waals surface area contributed by atoms with Gasteiger partial charge in [-0.15, -0.1) is 0 Å². The van der Waals surface area contributed by atoms with Gasteiger partial charge >= 0.3 is 0 Å². The molecule has 3 amide bonds. The number of rotatable bonds is 7. The zero-order valence-corrected chi connectivity index (χ0v) is 20.3. The molecule has 190 valence electrons. The van der Waals surface area contributed by atoms with Crippen LogP contribution in [-0.2, 0) is 9.59 Å². The molecule has 2 atom stereocenters. The molecule has 0 aliphatic carbocycles. The summed E-state index contributed by atoms with van der Waals surface area (Å²) in [6.07, 6.45) is 2.56. The molecular weight excluding hydrogens is 466 g/mol. The van der Waals surface area contributed by atoms with E-state index in [1.807, 2.05) is 24.0 Å². The molecule has 7 nitrogen and oxygen atoms in total. The number of para-hydroxylation sites is 1. The van der Waals surface area contributed by atoms with Crippen molar-refractivity contribution in [2.24, 2.45) is 5.92 Å². The number of fused-ring (bicyclic) bond motifs is 3. The number of carbonyl (C=O) groups excluding carboxylic acids is 3. The largest absolute Gasteiger partial charge is 0.371 e. The van der Waals surface area contributed by atoms with Crippen molar-refractivity contribution in [1.82, 2.24) is 10.2 Å². The molecule has 0 spiro atoms. The predicted molar refractivity (Wildman–Crippen MR) is 132 cm³/mol. The van der Waals surface area contributed by atoms with Crippen LogP contribution in [0, 0.1) is 17.6 Å². The maximum atomic E-state index is 13.5. The van der Waals surface area contributed by atoms with Crippen molar-refractivity contribution >= 4 is 29.1 Å². The lowest BCUT2D eigenvalue weighted by atomic mass is 9.98. The van der Waals surface area contributed by atoms with Crippen LogP contribution in [0.25, 0.3) is 0 Å². The summed E-state index contributed by atoms with van der Waals surface area (Å²) in [5, 5.41) is 2.98. The van der Waals surface area contributed by atoms with E-state index in [-0.39, 0.29) is 30.1 Å². The summed E-state index contributed by atoms with van der Waals surface area (Å²) < 4.78 is 26.7. The first-order chi connectivity index (χ1) is 17.3. The molecule has 2 aromatic rings. The molecule has 0 aromatic heterocycles. The van der Waals surface area contributed by atoms with Gasteiger partial charge in [0.25, 0.3) is 5.91 Å². The summed E-state index contributed by atoms with van der Waals surface area (Å²) in [5.41, 5.74) is 1.10. The molecule has 2 fully saturated rings. The van der Waals surface area contributed by atoms with Crippen LogP contribution in [0.5, 0.6) is 0 Å². The van der Waals surface area contributed by atoms with Gasteiger partial charge in [-0.05, 0) is 56.4 Å². The van der Waals surface area contributed by atoms with Gasteiger partial charge in [-0.2, -0.15) is 0 Å². The SMILES string of the molecule is CC12CCC(=O)N1c1ccccc1C(=O)N2CCCC(=O)NCC1CCN(c2ccc(F)c(F)c2)C1. The topological polar surface area (TPSA) is 73.0 Å². The van der Waals surface area contributed by atoms with E-state index in [1.54, 1.807) is 28.0 Å². The van der Waals surface area contributed by atoms with Crippen molar-refractivity contribution in [2.75, 3.05) is 36.0 Å². The van der Waals surface area contributed by atoms with E-state index >= 15 is 0 Å². The minimum Gasteiger partial charge on any atom is -0.371 e. The standard InChI is InChI=1S/C27H30F2N4O3/c1-27-12-10-25(35)33(27)23-6-3-2-5-20(23)26(36)32(27)13-4-7-24(34)30-16-18-11-14-31(17-18)19-8-9-21(28)22(29)15-19/h2-3,5-6,8-9,15,18H,4,7,10-14,16-17H2,1H3,(H,30,34). The average molecular weight is 497 g/mol. The normalized spacial score (nSPS) is 23.2. The molecule has 5 rings (SSSR count). The number of hydrogen-bond donors (Lipinski definition) is 1. The number of amides is 3. The second-order valence-corrected chi connectivity index (χ2v) is 10.0. The van der Waals surface area contributed by atoms with Crippen LogP contribution in [0.2, 0.25) is 0 Å². The van der Waals surface area contributed by atoms with E-state index in [1.165, 1.54) is 6.07 Å². The molecule has 3 heterocycles. The molecule has 2 aromatic carbocycles. The Labute approximate surface area is 209 Å². The Balaban J connectivity index is 1.13. The monoisotopic (exact) mass is 496 g/mol. The first-order valence-electron chi connectivity index (χ1n) is 12.5. The molecule has 3 aliphatic heterocycles. The molecule has 36 heavy (non-hydrogen) atoms. The van der Waals surface area contributed by atoms with Gasteiger partial charge in [0.1, 0.15) is 5.66 Å². The average Bonchev–Trinajstić information content (AvgIpc) is 3.46. The Hall–Kier alpha value is -3.49.